The van der Waals surface area contributed by atoms with Crippen molar-refractivity contribution in [1.29, 1.82) is 0 Å². The van der Waals surface area contributed by atoms with Crippen LogP contribution in [-0.4, -0.2) is 25.0 Å². The maximum Gasteiger partial charge on any atom is 0.224 e. The summed E-state index contributed by atoms with van der Waals surface area (Å²) in [5.41, 5.74) is 0. The van der Waals surface area contributed by atoms with Crippen LogP contribution in [0.5, 0.6) is 0 Å². The molecule has 2 aliphatic rings. The summed E-state index contributed by atoms with van der Waals surface area (Å²) in [6.07, 6.45) is 7.75. The number of rotatable bonds is 4. The lowest BCUT2D eigenvalue weighted by molar-refractivity contribution is -0.126. The number of carbonyl (C=O) groups excluding carboxylic acids is 1. The standard InChI is InChI=1S/C15H28N2O/c1-3-14(12-7-5-4-6-8-12)17-15(18)13-10-16-9-11(13)2/h11-14,16H,3-10H2,1-2H3,(H,17,18)/t11-,13-,14?/m1/s1. The van der Waals surface area contributed by atoms with E-state index in [1.54, 1.807) is 0 Å². The van der Waals surface area contributed by atoms with Gasteiger partial charge in [0.15, 0.2) is 0 Å². The van der Waals surface area contributed by atoms with E-state index in [0.29, 0.717) is 12.0 Å². The largest absolute Gasteiger partial charge is 0.353 e. The SMILES string of the molecule is CCC(NC(=O)[C@@H]1CNC[C@H]1C)C1CCCCC1. The molecule has 2 N–H and O–H groups in total. The van der Waals surface area contributed by atoms with Crippen molar-refractivity contribution in [2.24, 2.45) is 17.8 Å². The van der Waals surface area contributed by atoms with Crippen LogP contribution in [0.15, 0.2) is 0 Å². The summed E-state index contributed by atoms with van der Waals surface area (Å²) in [7, 11) is 0. The molecule has 0 radical (unpaired) electrons. The molecule has 3 nitrogen and oxygen atoms in total. The van der Waals surface area contributed by atoms with Crippen LogP contribution < -0.4 is 10.6 Å². The second-order valence-corrected chi connectivity index (χ2v) is 6.16. The molecule has 2 fully saturated rings. The van der Waals surface area contributed by atoms with Crippen molar-refractivity contribution in [2.75, 3.05) is 13.1 Å². The lowest BCUT2D eigenvalue weighted by Crippen LogP contribution is -2.44. The van der Waals surface area contributed by atoms with E-state index in [4.69, 9.17) is 0 Å². The van der Waals surface area contributed by atoms with Gasteiger partial charge in [-0.25, -0.2) is 0 Å². The zero-order chi connectivity index (χ0) is 13.0. The van der Waals surface area contributed by atoms with E-state index >= 15 is 0 Å². The Balaban J connectivity index is 1.86. The van der Waals surface area contributed by atoms with Crippen molar-refractivity contribution < 1.29 is 4.79 Å². The summed E-state index contributed by atoms with van der Waals surface area (Å²) < 4.78 is 0. The Morgan fingerprint density at radius 2 is 2.00 bits per heavy atom. The molecule has 3 atom stereocenters. The summed E-state index contributed by atoms with van der Waals surface area (Å²) in [6.45, 7) is 6.22. The zero-order valence-electron chi connectivity index (χ0n) is 11.9. The van der Waals surface area contributed by atoms with Gasteiger partial charge in [0, 0.05) is 12.6 Å². The molecule has 0 aromatic heterocycles. The summed E-state index contributed by atoms with van der Waals surface area (Å²) in [4.78, 5) is 12.3. The molecule has 1 amide bonds. The van der Waals surface area contributed by atoms with Crippen LogP contribution >= 0.6 is 0 Å². The minimum atomic E-state index is 0.183. The van der Waals surface area contributed by atoms with Crippen LogP contribution in [0.4, 0.5) is 0 Å². The second-order valence-electron chi connectivity index (χ2n) is 6.16. The Morgan fingerprint density at radius 3 is 2.56 bits per heavy atom. The highest BCUT2D eigenvalue weighted by atomic mass is 16.2. The molecular weight excluding hydrogens is 224 g/mol. The highest BCUT2D eigenvalue weighted by Crippen LogP contribution is 2.28. The summed E-state index contributed by atoms with van der Waals surface area (Å²) in [5.74, 6) is 1.67. The molecule has 1 aliphatic carbocycles. The van der Waals surface area contributed by atoms with Gasteiger partial charge in [0.2, 0.25) is 5.91 Å². The average molecular weight is 252 g/mol. The molecule has 1 heterocycles. The number of hydrogen-bond donors (Lipinski definition) is 2. The van der Waals surface area contributed by atoms with Gasteiger partial charge in [-0.3, -0.25) is 4.79 Å². The fraction of sp³-hybridized carbons (Fsp3) is 0.933. The average Bonchev–Trinajstić information content (AvgIpc) is 2.83. The lowest BCUT2D eigenvalue weighted by Gasteiger charge is -2.31. The molecule has 1 aliphatic heterocycles. The van der Waals surface area contributed by atoms with Crippen LogP contribution in [0.1, 0.15) is 52.4 Å². The highest BCUT2D eigenvalue weighted by molar-refractivity contribution is 5.79. The van der Waals surface area contributed by atoms with Crippen LogP contribution in [0.3, 0.4) is 0 Å². The molecule has 0 spiro atoms. The third-order valence-corrected chi connectivity index (χ3v) is 4.84. The molecule has 104 valence electrons. The van der Waals surface area contributed by atoms with Crippen LogP contribution in [0, 0.1) is 17.8 Å². The first-order chi connectivity index (χ1) is 8.72. The van der Waals surface area contributed by atoms with E-state index in [1.807, 2.05) is 0 Å². The second kappa shape index (κ2) is 6.55. The fourth-order valence-corrected chi connectivity index (χ4v) is 3.54. The Bertz CT molecular complexity index is 274. The van der Waals surface area contributed by atoms with E-state index < -0.39 is 0 Å². The number of nitrogens with one attached hydrogen (secondary N) is 2. The summed E-state index contributed by atoms with van der Waals surface area (Å²) >= 11 is 0. The van der Waals surface area contributed by atoms with Gasteiger partial charge in [0.05, 0.1) is 5.92 Å². The summed E-state index contributed by atoms with van der Waals surface area (Å²) in [5, 5.41) is 6.64. The summed E-state index contributed by atoms with van der Waals surface area (Å²) in [6, 6.07) is 0.408. The molecule has 1 saturated heterocycles. The lowest BCUT2D eigenvalue weighted by atomic mass is 9.82. The molecule has 0 aromatic carbocycles. The quantitative estimate of drug-likeness (QED) is 0.806. The van der Waals surface area contributed by atoms with Gasteiger partial charge in [-0.1, -0.05) is 33.1 Å². The van der Waals surface area contributed by atoms with E-state index in [-0.39, 0.29) is 11.8 Å². The first kappa shape index (κ1) is 13.9. The Hall–Kier alpha value is -0.570. The Morgan fingerprint density at radius 1 is 1.28 bits per heavy atom. The Labute approximate surface area is 111 Å². The van der Waals surface area contributed by atoms with Gasteiger partial charge in [-0.05, 0) is 37.6 Å². The fourth-order valence-electron chi connectivity index (χ4n) is 3.54. The van der Waals surface area contributed by atoms with Gasteiger partial charge >= 0.3 is 0 Å². The van der Waals surface area contributed by atoms with Gasteiger partial charge in [0.1, 0.15) is 0 Å². The third-order valence-electron chi connectivity index (χ3n) is 4.84. The van der Waals surface area contributed by atoms with E-state index in [0.717, 1.165) is 25.4 Å². The van der Waals surface area contributed by atoms with Gasteiger partial charge in [-0.2, -0.15) is 0 Å². The molecular formula is C15H28N2O. The van der Waals surface area contributed by atoms with Gasteiger partial charge in [-0.15, -0.1) is 0 Å². The topological polar surface area (TPSA) is 41.1 Å². The molecule has 0 bridgehead atoms. The van der Waals surface area contributed by atoms with Crippen molar-refractivity contribution in [3.8, 4) is 0 Å². The van der Waals surface area contributed by atoms with Crippen molar-refractivity contribution in [3.05, 3.63) is 0 Å². The van der Waals surface area contributed by atoms with E-state index in [1.165, 1.54) is 32.1 Å². The van der Waals surface area contributed by atoms with E-state index in [9.17, 15) is 4.79 Å². The molecule has 18 heavy (non-hydrogen) atoms. The van der Waals surface area contributed by atoms with Gasteiger partial charge in [0.25, 0.3) is 0 Å². The maximum absolute atomic E-state index is 12.3. The zero-order valence-corrected chi connectivity index (χ0v) is 11.9. The Kier molecular flexibility index (Phi) is 5.04. The first-order valence-corrected chi connectivity index (χ1v) is 7.73. The van der Waals surface area contributed by atoms with Crippen LogP contribution in [0.25, 0.3) is 0 Å². The minimum absolute atomic E-state index is 0.183. The molecule has 2 rings (SSSR count). The van der Waals surface area contributed by atoms with Crippen molar-refractivity contribution >= 4 is 5.91 Å². The van der Waals surface area contributed by atoms with Crippen molar-refractivity contribution in [1.82, 2.24) is 10.6 Å². The predicted octanol–water partition coefficient (Wildman–Crippen LogP) is 2.32. The predicted molar refractivity (Wildman–Crippen MR) is 74.3 cm³/mol. The first-order valence-electron chi connectivity index (χ1n) is 7.73. The van der Waals surface area contributed by atoms with Crippen molar-refractivity contribution in [3.63, 3.8) is 0 Å². The normalized spacial score (nSPS) is 31.2. The monoisotopic (exact) mass is 252 g/mol. The van der Waals surface area contributed by atoms with Gasteiger partial charge < -0.3 is 10.6 Å². The number of amides is 1. The molecule has 1 saturated carbocycles. The van der Waals surface area contributed by atoms with Crippen LogP contribution in [0.2, 0.25) is 0 Å². The highest BCUT2D eigenvalue weighted by Gasteiger charge is 2.32. The minimum Gasteiger partial charge on any atom is -0.353 e. The smallest absolute Gasteiger partial charge is 0.224 e. The number of carbonyl (C=O) groups is 1. The van der Waals surface area contributed by atoms with Crippen molar-refractivity contribution in [2.45, 2.75) is 58.4 Å². The van der Waals surface area contributed by atoms with Crippen LogP contribution in [-0.2, 0) is 4.79 Å². The maximum atomic E-state index is 12.3. The molecule has 3 heteroatoms. The molecule has 1 unspecified atom stereocenters. The van der Waals surface area contributed by atoms with E-state index in [2.05, 4.69) is 24.5 Å². The molecule has 0 aromatic rings. The third kappa shape index (κ3) is 3.25. The number of hydrogen-bond acceptors (Lipinski definition) is 2.